The summed E-state index contributed by atoms with van der Waals surface area (Å²) in [6.45, 7) is 9.52. The van der Waals surface area contributed by atoms with E-state index in [0.717, 1.165) is 18.6 Å². The maximum absolute atomic E-state index is 12.1. The topological polar surface area (TPSA) is 97.2 Å². The molecular weight excluding hydrogens is 312 g/mol. The van der Waals surface area contributed by atoms with Gasteiger partial charge in [-0.1, -0.05) is 19.0 Å². The Bertz CT molecular complexity index is 522. The molecule has 0 aromatic rings. The van der Waals surface area contributed by atoms with Crippen LogP contribution in [0.15, 0.2) is 5.16 Å². The van der Waals surface area contributed by atoms with Crippen LogP contribution in [0.4, 0.5) is 4.79 Å². The Morgan fingerprint density at radius 3 is 2.50 bits per heavy atom. The van der Waals surface area contributed by atoms with Crippen molar-refractivity contribution in [1.82, 2.24) is 5.32 Å². The first-order chi connectivity index (χ1) is 11.2. The number of oxime groups is 1. The zero-order valence-corrected chi connectivity index (χ0v) is 15.0. The van der Waals surface area contributed by atoms with Crippen LogP contribution in [-0.2, 0) is 14.4 Å². The maximum atomic E-state index is 12.1. The van der Waals surface area contributed by atoms with E-state index in [9.17, 15) is 14.7 Å². The van der Waals surface area contributed by atoms with Crippen LogP contribution in [0.3, 0.4) is 0 Å². The molecule has 1 amide bonds. The molecule has 1 aliphatic carbocycles. The third-order valence-electron chi connectivity index (χ3n) is 4.74. The molecule has 2 rings (SSSR count). The van der Waals surface area contributed by atoms with Gasteiger partial charge >= 0.3 is 12.1 Å². The molecule has 2 aliphatic rings. The number of carboxylic acids is 1. The number of hydrogen-bond donors (Lipinski definition) is 2. The van der Waals surface area contributed by atoms with Gasteiger partial charge in [-0.25, -0.2) is 4.79 Å². The van der Waals surface area contributed by atoms with E-state index in [1.165, 1.54) is 0 Å². The van der Waals surface area contributed by atoms with Gasteiger partial charge in [0.25, 0.3) is 0 Å². The van der Waals surface area contributed by atoms with Crippen molar-refractivity contribution in [3.8, 4) is 0 Å². The average Bonchev–Trinajstić information content (AvgIpc) is 3.00. The molecule has 1 aliphatic heterocycles. The van der Waals surface area contributed by atoms with Gasteiger partial charge in [0.1, 0.15) is 5.60 Å². The summed E-state index contributed by atoms with van der Waals surface area (Å²) < 4.78 is 5.31. The minimum absolute atomic E-state index is 0.205. The van der Waals surface area contributed by atoms with Crippen molar-refractivity contribution >= 4 is 17.8 Å². The van der Waals surface area contributed by atoms with Crippen molar-refractivity contribution < 1.29 is 24.3 Å². The van der Waals surface area contributed by atoms with Gasteiger partial charge in [0.05, 0.1) is 17.5 Å². The number of carboxylic acid groups (broad SMARTS) is 1. The summed E-state index contributed by atoms with van der Waals surface area (Å²) in [6, 6.07) is -0.340. The number of rotatable bonds is 5. The predicted molar refractivity (Wildman–Crippen MR) is 88.8 cm³/mol. The van der Waals surface area contributed by atoms with E-state index in [1.807, 2.05) is 0 Å². The highest BCUT2D eigenvalue weighted by atomic mass is 16.6. The summed E-state index contributed by atoms with van der Waals surface area (Å²) in [5, 5.41) is 16.5. The second-order valence-corrected chi connectivity index (χ2v) is 7.56. The minimum Gasteiger partial charge on any atom is -0.481 e. The van der Waals surface area contributed by atoms with Gasteiger partial charge in [-0.2, -0.15) is 0 Å². The molecule has 0 bridgehead atoms. The Morgan fingerprint density at radius 1 is 1.38 bits per heavy atom. The number of nitrogens with zero attached hydrogens (tertiary/aromatic N) is 1. The quantitative estimate of drug-likeness (QED) is 0.802. The lowest BCUT2D eigenvalue weighted by atomic mass is 9.84. The van der Waals surface area contributed by atoms with Crippen LogP contribution < -0.4 is 5.32 Å². The monoisotopic (exact) mass is 340 g/mol. The average molecular weight is 340 g/mol. The van der Waals surface area contributed by atoms with Crippen molar-refractivity contribution in [3.63, 3.8) is 0 Å². The maximum Gasteiger partial charge on any atom is 0.407 e. The van der Waals surface area contributed by atoms with Crippen molar-refractivity contribution in [2.45, 2.75) is 71.6 Å². The Morgan fingerprint density at radius 2 is 2.00 bits per heavy atom. The summed E-state index contributed by atoms with van der Waals surface area (Å²) in [5.41, 5.74) is 0.266. The standard InChI is InChI=1S/C17H28N2O5/c1-6-9(7-2)13-12-11(18-16(22)23-17(3,4)5)8-10(15(20)21)14(12)24-19-13/h9-12,14H,6-8H2,1-5H3,(H,18,22)(H,20,21)/t10-,11+,12-,14-/m0/s1. The summed E-state index contributed by atoms with van der Waals surface area (Å²) in [6.07, 6.45) is 1.08. The number of ether oxygens (including phenoxy) is 1. The number of aliphatic carboxylic acids is 1. The molecule has 2 N–H and O–H groups in total. The van der Waals surface area contributed by atoms with E-state index in [1.54, 1.807) is 20.8 Å². The van der Waals surface area contributed by atoms with Gasteiger partial charge in [0.15, 0.2) is 6.10 Å². The third kappa shape index (κ3) is 3.82. The first-order valence-electron chi connectivity index (χ1n) is 8.63. The van der Waals surface area contributed by atoms with Crippen LogP contribution in [0.25, 0.3) is 0 Å². The fourth-order valence-electron chi connectivity index (χ4n) is 3.63. The van der Waals surface area contributed by atoms with E-state index < -0.39 is 29.7 Å². The number of amides is 1. The lowest BCUT2D eigenvalue weighted by molar-refractivity contribution is -0.145. The van der Waals surface area contributed by atoms with Gasteiger partial charge in [-0.15, -0.1) is 0 Å². The fourth-order valence-corrected chi connectivity index (χ4v) is 3.63. The molecule has 24 heavy (non-hydrogen) atoms. The molecule has 0 aromatic carbocycles. The first-order valence-corrected chi connectivity index (χ1v) is 8.63. The smallest absolute Gasteiger partial charge is 0.407 e. The molecule has 4 atom stereocenters. The molecule has 1 saturated carbocycles. The lowest BCUT2D eigenvalue weighted by Gasteiger charge is -2.25. The van der Waals surface area contributed by atoms with Gasteiger partial charge in [0.2, 0.25) is 0 Å². The largest absolute Gasteiger partial charge is 0.481 e. The molecule has 0 radical (unpaired) electrons. The molecule has 7 heteroatoms. The lowest BCUT2D eigenvalue weighted by Crippen LogP contribution is -2.45. The predicted octanol–water partition coefficient (Wildman–Crippen LogP) is 2.79. The van der Waals surface area contributed by atoms with Crippen molar-refractivity contribution in [2.24, 2.45) is 22.9 Å². The first kappa shape index (κ1) is 18.5. The van der Waals surface area contributed by atoms with E-state index in [0.29, 0.717) is 6.42 Å². The van der Waals surface area contributed by atoms with Crippen molar-refractivity contribution in [1.29, 1.82) is 0 Å². The molecular formula is C17H28N2O5. The Kier molecular flexibility index (Phi) is 5.40. The van der Waals surface area contributed by atoms with Crippen molar-refractivity contribution in [3.05, 3.63) is 0 Å². The number of alkyl carbamates (subject to hydrolysis) is 1. The van der Waals surface area contributed by atoms with Gasteiger partial charge in [-0.05, 0) is 40.0 Å². The van der Waals surface area contributed by atoms with E-state index in [2.05, 4.69) is 24.3 Å². The molecule has 1 heterocycles. The molecule has 0 saturated heterocycles. The van der Waals surface area contributed by atoms with Crippen LogP contribution in [-0.4, -0.2) is 40.6 Å². The second-order valence-electron chi connectivity index (χ2n) is 7.56. The highest BCUT2D eigenvalue weighted by Gasteiger charge is 2.55. The molecule has 7 nitrogen and oxygen atoms in total. The number of carbonyl (C=O) groups excluding carboxylic acids is 1. The van der Waals surface area contributed by atoms with E-state index in [4.69, 9.17) is 9.57 Å². The number of carbonyl (C=O) groups is 2. The number of fused-ring (bicyclic) bond motifs is 1. The summed E-state index contributed by atoms with van der Waals surface area (Å²) in [7, 11) is 0. The highest BCUT2D eigenvalue weighted by molar-refractivity contribution is 5.92. The van der Waals surface area contributed by atoms with Gasteiger partial charge < -0.3 is 20.0 Å². The Hall–Kier alpha value is -1.79. The van der Waals surface area contributed by atoms with E-state index in [-0.39, 0.29) is 17.9 Å². The summed E-state index contributed by atoms with van der Waals surface area (Å²) >= 11 is 0. The van der Waals surface area contributed by atoms with Crippen molar-refractivity contribution in [2.75, 3.05) is 0 Å². The molecule has 0 spiro atoms. The SMILES string of the molecule is CCC(CC)C1=NO[C@@H]2[C@H]1[C@H](NC(=O)OC(C)(C)C)C[C@@H]2C(=O)O. The fraction of sp³-hybridized carbons (Fsp3) is 0.824. The minimum atomic E-state index is -0.917. The van der Waals surface area contributed by atoms with Crippen LogP contribution in [0.1, 0.15) is 53.9 Å². The molecule has 0 unspecified atom stereocenters. The van der Waals surface area contributed by atoms with Crippen LogP contribution in [0.5, 0.6) is 0 Å². The number of nitrogens with one attached hydrogen (secondary N) is 1. The van der Waals surface area contributed by atoms with Crippen LogP contribution in [0.2, 0.25) is 0 Å². The van der Waals surface area contributed by atoms with Gasteiger partial charge in [-0.3, -0.25) is 4.79 Å². The molecule has 1 fully saturated rings. The highest BCUT2D eigenvalue weighted by Crippen LogP contribution is 2.41. The zero-order chi connectivity index (χ0) is 18.1. The number of hydrogen-bond acceptors (Lipinski definition) is 5. The Balaban J connectivity index is 2.18. The Labute approximate surface area is 142 Å². The van der Waals surface area contributed by atoms with Crippen LogP contribution >= 0.6 is 0 Å². The third-order valence-corrected chi connectivity index (χ3v) is 4.74. The van der Waals surface area contributed by atoms with E-state index >= 15 is 0 Å². The normalized spacial score (nSPS) is 29.0. The summed E-state index contributed by atoms with van der Waals surface area (Å²) in [4.78, 5) is 29.2. The van der Waals surface area contributed by atoms with Gasteiger partial charge in [0, 0.05) is 12.0 Å². The molecule has 0 aromatic heterocycles. The molecule has 136 valence electrons. The van der Waals surface area contributed by atoms with Crippen LogP contribution in [0, 0.1) is 17.8 Å². The zero-order valence-electron chi connectivity index (χ0n) is 15.0. The second kappa shape index (κ2) is 6.99. The summed E-state index contributed by atoms with van der Waals surface area (Å²) in [5.74, 6) is -1.57.